The van der Waals surface area contributed by atoms with E-state index in [-0.39, 0.29) is 5.41 Å². The highest BCUT2D eigenvalue weighted by molar-refractivity contribution is 6.17. The van der Waals surface area contributed by atoms with Crippen LogP contribution in [0.25, 0.3) is 106 Å². The molecule has 1 aliphatic carbocycles. The van der Waals surface area contributed by atoms with E-state index in [1.165, 1.54) is 33.0 Å². The van der Waals surface area contributed by atoms with Gasteiger partial charge in [0, 0.05) is 43.7 Å². The van der Waals surface area contributed by atoms with E-state index in [0.717, 1.165) is 66.5 Å². The summed E-state index contributed by atoms with van der Waals surface area (Å²) in [6.07, 6.45) is 0. The molecular weight excluding hydrogens is 721 g/mol. The number of furan rings is 1. The van der Waals surface area contributed by atoms with Crippen molar-refractivity contribution < 1.29 is 4.42 Å². The minimum atomic E-state index is -0.144. The minimum Gasteiger partial charge on any atom is -0.454 e. The summed E-state index contributed by atoms with van der Waals surface area (Å²) >= 11 is 0. The lowest BCUT2D eigenvalue weighted by atomic mass is 9.82. The molecule has 5 heteroatoms. The Morgan fingerprint density at radius 2 is 1.02 bits per heavy atom. The Morgan fingerprint density at radius 3 is 1.80 bits per heavy atom. The lowest BCUT2D eigenvalue weighted by Crippen LogP contribution is -2.15. The molecule has 3 heterocycles. The number of hydrogen-bond acceptors (Lipinski definition) is 4. The quantitative estimate of drug-likeness (QED) is 0.175. The van der Waals surface area contributed by atoms with Crippen molar-refractivity contribution in [3.8, 4) is 62.1 Å². The SMILES string of the molecule is CC1(C)c2ccccc2-c2cc3c4ccccc4n(-c4ccc(-c5nc(-c6ccccc6)nc(-c6ccc(-c7ccccc7)cc6)n5)c5c4oc4ccccc45)c3cc21. The fraction of sp³-hybridized carbons (Fsp3) is 0.0556. The number of benzene rings is 8. The van der Waals surface area contributed by atoms with Crippen molar-refractivity contribution in [1.82, 2.24) is 19.5 Å². The first-order chi connectivity index (χ1) is 29.0. The van der Waals surface area contributed by atoms with E-state index < -0.39 is 0 Å². The number of hydrogen-bond donors (Lipinski definition) is 0. The summed E-state index contributed by atoms with van der Waals surface area (Å²) in [6.45, 7) is 4.68. The van der Waals surface area contributed by atoms with Crippen LogP contribution in [0.3, 0.4) is 0 Å². The van der Waals surface area contributed by atoms with Gasteiger partial charge in [0.1, 0.15) is 5.58 Å². The topological polar surface area (TPSA) is 56.7 Å². The highest BCUT2D eigenvalue weighted by atomic mass is 16.3. The van der Waals surface area contributed by atoms with Crippen LogP contribution in [-0.4, -0.2) is 19.5 Å². The average molecular weight is 757 g/mol. The van der Waals surface area contributed by atoms with Gasteiger partial charge in [-0.3, -0.25) is 0 Å². The fourth-order valence-electron chi connectivity index (χ4n) is 9.38. The number of nitrogens with zero attached hydrogens (tertiary/aromatic N) is 4. The third kappa shape index (κ3) is 5.08. The van der Waals surface area contributed by atoms with E-state index in [1.807, 2.05) is 48.5 Å². The number of rotatable bonds is 5. The van der Waals surface area contributed by atoms with Gasteiger partial charge < -0.3 is 8.98 Å². The molecule has 0 saturated heterocycles. The number of fused-ring (bicyclic) bond motifs is 9. The zero-order valence-electron chi connectivity index (χ0n) is 32.5. The average Bonchev–Trinajstić information content (AvgIpc) is 3.92. The second kappa shape index (κ2) is 12.7. The third-order valence-electron chi connectivity index (χ3n) is 12.3. The maximum Gasteiger partial charge on any atom is 0.164 e. The molecular formula is C54H36N4O. The first-order valence-corrected chi connectivity index (χ1v) is 20.1. The molecule has 0 spiro atoms. The predicted molar refractivity (Wildman–Crippen MR) is 241 cm³/mol. The normalized spacial score (nSPS) is 13.1. The molecule has 12 rings (SSSR count). The van der Waals surface area contributed by atoms with Gasteiger partial charge >= 0.3 is 0 Å². The number of para-hydroxylation sites is 2. The summed E-state index contributed by atoms with van der Waals surface area (Å²) in [5.74, 6) is 1.81. The van der Waals surface area contributed by atoms with Crippen LogP contribution in [0.15, 0.2) is 186 Å². The molecule has 0 unspecified atom stereocenters. The van der Waals surface area contributed by atoms with Crippen LogP contribution in [0.5, 0.6) is 0 Å². The van der Waals surface area contributed by atoms with Gasteiger partial charge in [0.25, 0.3) is 0 Å². The molecule has 0 fully saturated rings. The Labute approximate surface area is 340 Å². The molecule has 8 aromatic carbocycles. The Balaban J connectivity index is 1.10. The molecule has 0 N–H and O–H groups in total. The zero-order valence-corrected chi connectivity index (χ0v) is 32.5. The summed E-state index contributed by atoms with van der Waals surface area (Å²) in [5.41, 5.74) is 15.0. The van der Waals surface area contributed by atoms with E-state index >= 15 is 0 Å². The molecule has 11 aromatic rings. The van der Waals surface area contributed by atoms with Crippen LogP contribution < -0.4 is 0 Å². The van der Waals surface area contributed by atoms with Crippen molar-refractivity contribution in [2.24, 2.45) is 0 Å². The summed E-state index contributed by atoms with van der Waals surface area (Å²) in [7, 11) is 0. The Morgan fingerprint density at radius 1 is 0.424 bits per heavy atom. The smallest absolute Gasteiger partial charge is 0.164 e. The fourth-order valence-corrected chi connectivity index (χ4v) is 9.38. The molecule has 0 saturated carbocycles. The number of aromatic nitrogens is 4. The molecule has 0 radical (unpaired) electrons. The van der Waals surface area contributed by atoms with Crippen LogP contribution in [-0.2, 0) is 5.41 Å². The Hall–Kier alpha value is -7.63. The van der Waals surface area contributed by atoms with Gasteiger partial charge in [-0.05, 0) is 69.8 Å². The summed E-state index contributed by atoms with van der Waals surface area (Å²) < 4.78 is 9.33. The van der Waals surface area contributed by atoms with Crippen LogP contribution in [0.4, 0.5) is 0 Å². The maximum absolute atomic E-state index is 6.94. The molecule has 0 aliphatic heterocycles. The highest BCUT2D eigenvalue weighted by Gasteiger charge is 2.36. The summed E-state index contributed by atoms with van der Waals surface area (Å²) in [4.78, 5) is 15.5. The second-order valence-corrected chi connectivity index (χ2v) is 16.0. The Kier molecular flexibility index (Phi) is 7.20. The van der Waals surface area contributed by atoms with Crippen LogP contribution in [0, 0.1) is 0 Å². The standard InChI is InChI=1S/C54H36N4O/c1-54(2)43-22-12-9-19-37(43)41-31-42-38-20-10-13-23-45(38)58(47(42)32-44(41)54)46-30-29-40(49-39-21-11-14-24-48(39)59-50(46)49)53-56-51(35-17-7-4-8-18-35)55-52(57-53)36-27-25-34(26-28-36)33-15-5-3-6-16-33/h3-32H,1-2H3. The molecule has 59 heavy (non-hydrogen) atoms. The maximum atomic E-state index is 6.94. The minimum absolute atomic E-state index is 0.144. The molecule has 278 valence electrons. The molecule has 0 atom stereocenters. The van der Waals surface area contributed by atoms with Gasteiger partial charge in [-0.15, -0.1) is 0 Å². The first kappa shape index (κ1) is 33.5. The molecule has 0 amide bonds. The largest absolute Gasteiger partial charge is 0.454 e. The Bertz CT molecular complexity index is 3450. The van der Waals surface area contributed by atoms with Gasteiger partial charge in [-0.2, -0.15) is 0 Å². The molecule has 5 nitrogen and oxygen atoms in total. The second-order valence-electron chi connectivity index (χ2n) is 16.0. The van der Waals surface area contributed by atoms with E-state index in [1.54, 1.807) is 0 Å². The van der Waals surface area contributed by atoms with E-state index in [2.05, 4.69) is 152 Å². The first-order valence-electron chi connectivity index (χ1n) is 20.1. The van der Waals surface area contributed by atoms with Gasteiger partial charge in [0.15, 0.2) is 23.1 Å². The molecule has 1 aliphatic rings. The summed E-state index contributed by atoms with van der Waals surface area (Å²) in [6, 6.07) is 64.0. The predicted octanol–water partition coefficient (Wildman–Crippen LogP) is 13.8. The summed E-state index contributed by atoms with van der Waals surface area (Å²) in [5, 5.41) is 4.39. The van der Waals surface area contributed by atoms with Gasteiger partial charge in [-0.25, -0.2) is 15.0 Å². The van der Waals surface area contributed by atoms with Crippen LogP contribution in [0.2, 0.25) is 0 Å². The third-order valence-corrected chi connectivity index (χ3v) is 12.3. The van der Waals surface area contributed by atoms with Crippen molar-refractivity contribution in [1.29, 1.82) is 0 Å². The lowest BCUT2D eigenvalue weighted by molar-refractivity contribution is 0.660. The van der Waals surface area contributed by atoms with E-state index in [9.17, 15) is 0 Å². The van der Waals surface area contributed by atoms with Gasteiger partial charge in [-0.1, -0.05) is 159 Å². The van der Waals surface area contributed by atoms with E-state index in [0.29, 0.717) is 17.5 Å². The lowest BCUT2D eigenvalue weighted by Gasteiger charge is -2.21. The highest BCUT2D eigenvalue weighted by Crippen LogP contribution is 2.51. The molecule has 3 aromatic heterocycles. The molecule has 0 bridgehead atoms. The van der Waals surface area contributed by atoms with Gasteiger partial charge in [0.05, 0.1) is 16.7 Å². The van der Waals surface area contributed by atoms with Crippen molar-refractivity contribution >= 4 is 43.7 Å². The van der Waals surface area contributed by atoms with E-state index in [4.69, 9.17) is 19.4 Å². The van der Waals surface area contributed by atoms with Crippen LogP contribution in [0.1, 0.15) is 25.0 Å². The van der Waals surface area contributed by atoms with Crippen LogP contribution >= 0.6 is 0 Å². The monoisotopic (exact) mass is 756 g/mol. The zero-order chi connectivity index (χ0) is 39.2. The van der Waals surface area contributed by atoms with Crippen molar-refractivity contribution in [3.05, 3.63) is 193 Å². The van der Waals surface area contributed by atoms with Crippen molar-refractivity contribution in [3.63, 3.8) is 0 Å². The van der Waals surface area contributed by atoms with Gasteiger partial charge in [0.2, 0.25) is 0 Å². The van der Waals surface area contributed by atoms with Crippen molar-refractivity contribution in [2.75, 3.05) is 0 Å². The van der Waals surface area contributed by atoms with Crippen molar-refractivity contribution in [2.45, 2.75) is 19.3 Å².